The van der Waals surface area contributed by atoms with E-state index in [1.807, 2.05) is 67.6 Å². The van der Waals surface area contributed by atoms with Gasteiger partial charge < -0.3 is 29.2 Å². The summed E-state index contributed by atoms with van der Waals surface area (Å²) < 4.78 is 23.0. The topological polar surface area (TPSA) is 77.4 Å². The molecule has 0 aliphatic carbocycles. The Hall–Kier alpha value is -1.80. The van der Waals surface area contributed by atoms with Crippen molar-refractivity contribution < 1.29 is 29.2 Å². The number of ether oxygens (including phenoxy) is 4. The molecule has 1 heterocycles. The number of hydrogen-bond acceptors (Lipinski definition) is 6. The van der Waals surface area contributed by atoms with Crippen LogP contribution in [-0.4, -0.2) is 54.1 Å². The summed E-state index contributed by atoms with van der Waals surface area (Å²) in [5.41, 5.74) is 2.05. The highest BCUT2D eigenvalue weighted by Crippen LogP contribution is 2.27. The van der Waals surface area contributed by atoms with E-state index in [1.165, 1.54) is 0 Å². The van der Waals surface area contributed by atoms with Gasteiger partial charge in [-0.2, -0.15) is 0 Å². The second-order valence-corrected chi connectivity index (χ2v) is 6.74. The highest BCUT2D eigenvalue weighted by atomic mass is 16.7. The van der Waals surface area contributed by atoms with Crippen LogP contribution in [0.1, 0.15) is 18.1 Å². The first-order valence-corrected chi connectivity index (χ1v) is 9.59. The van der Waals surface area contributed by atoms with Crippen LogP contribution in [0.3, 0.4) is 0 Å². The van der Waals surface area contributed by atoms with Crippen LogP contribution < -0.4 is 0 Å². The Kier molecular flexibility index (Phi) is 7.97. The van der Waals surface area contributed by atoms with Crippen molar-refractivity contribution in [1.29, 1.82) is 0 Å². The van der Waals surface area contributed by atoms with E-state index in [2.05, 4.69) is 0 Å². The fraction of sp³-hybridized carbons (Fsp3) is 0.455. The lowest BCUT2D eigenvalue weighted by molar-refractivity contribution is -0.189. The highest BCUT2D eigenvalue weighted by molar-refractivity contribution is 5.14. The van der Waals surface area contributed by atoms with Crippen molar-refractivity contribution in [3.63, 3.8) is 0 Å². The smallest absolute Gasteiger partial charge is 0.186 e. The predicted molar refractivity (Wildman–Crippen MR) is 103 cm³/mol. The molecule has 2 N–H and O–H groups in total. The molecule has 0 aromatic heterocycles. The third kappa shape index (κ3) is 5.61. The predicted octanol–water partition coefficient (Wildman–Crippen LogP) is 2.27. The molecule has 0 amide bonds. The van der Waals surface area contributed by atoms with Crippen LogP contribution in [0.2, 0.25) is 0 Å². The average Bonchev–Trinajstić information content (AvgIpc) is 3.01. The number of aliphatic hydroxyl groups excluding tert-OH is 2. The van der Waals surface area contributed by atoms with Crippen molar-refractivity contribution in [2.45, 2.75) is 50.8 Å². The van der Waals surface area contributed by atoms with Gasteiger partial charge in [-0.05, 0) is 18.1 Å². The monoisotopic (exact) mass is 388 g/mol. The van der Waals surface area contributed by atoms with Gasteiger partial charge in [-0.1, -0.05) is 60.7 Å². The Bertz CT molecular complexity index is 680. The fourth-order valence-corrected chi connectivity index (χ4v) is 3.16. The lowest BCUT2D eigenvalue weighted by atomic mass is 10.1. The van der Waals surface area contributed by atoms with Gasteiger partial charge in [0.1, 0.15) is 24.4 Å². The summed E-state index contributed by atoms with van der Waals surface area (Å²) in [6, 6.07) is 19.6. The molecule has 1 aliphatic heterocycles. The molecular formula is C22H28O6. The van der Waals surface area contributed by atoms with E-state index in [9.17, 15) is 10.2 Å². The number of benzene rings is 2. The zero-order valence-electron chi connectivity index (χ0n) is 16.0. The minimum Gasteiger partial charge on any atom is -0.387 e. The summed E-state index contributed by atoms with van der Waals surface area (Å²) in [5.74, 6) is 0. The van der Waals surface area contributed by atoms with Gasteiger partial charge >= 0.3 is 0 Å². The van der Waals surface area contributed by atoms with Crippen molar-refractivity contribution in [1.82, 2.24) is 0 Å². The molecule has 0 radical (unpaired) electrons. The maximum absolute atomic E-state index is 10.4. The summed E-state index contributed by atoms with van der Waals surface area (Å²) in [6.07, 6.45) is -4.41. The first-order chi connectivity index (χ1) is 13.7. The third-order valence-electron chi connectivity index (χ3n) is 4.65. The number of rotatable bonds is 10. The minimum atomic E-state index is -1.12. The fourth-order valence-electron chi connectivity index (χ4n) is 3.16. The van der Waals surface area contributed by atoms with Crippen LogP contribution in [0.15, 0.2) is 60.7 Å². The summed E-state index contributed by atoms with van der Waals surface area (Å²) in [7, 11) is 0. The zero-order chi connectivity index (χ0) is 19.8. The van der Waals surface area contributed by atoms with E-state index in [1.54, 1.807) is 0 Å². The standard InChI is InChI=1S/C22H28O6/c1-2-26-22-20(24)19(23)21(28-22)18(27-14-17-11-7-4-8-12-17)15-25-13-16-9-5-3-6-10-16/h3-12,18-24H,2,13-15H2,1H3/t18-,19-,20-,21-,22?/m1/s1. The molecule has 6 heteroatoms. The molecule has 28 heavy (non-hydrogen) atoms. The minimum absolute atomic E-state index is 0.217. The molecule has 0 saturated carbocycles. The molecule has 0 bridgehead atoms. The van der Waals surface area contributed by atoms with Crippen LogP contribution in [0.5, 0.6) is 0 Å². The quantitative estimate of drug-likeness (QED) is 0.650. The molecule has 1 fully saturated rings. The number of aliphatic hydroxyl groups is 2. The Balaban J connectivity index is 1.63. The van der Waals surface area contributed by atoms with Gasteiger partial charge in [0, 0.05) is 6.61 Å². The van der Waals surface area contributed by atoms with E-state index in [4.69, 9.17) is 18.9 Å². The van der Waals surface area contributed by atoms with Gasteiger partial charge in [0.2, 0.25) is 0 Å². The molecule has 1 unspecified atom stereocenters. The largest absolute Gasteiger partial charge is 0.387 e. The molecule has 5 atom stereocenters. The van der Waals surface area contributed by atoms with Crippen molar-refractivity contribution >= 4 is 0 Å². The molecule has 1 aliphatic rings. The van der Waals surface area contributed by atoms with Crippen LogP contribution in [-0.2, 0) is 32.2 Å². The van der Waals surface area contributed by atoms with Gasteiger partial charge in [-0.25, -0.2) is 0 Å². The van der Waals surface area contributed by atoms with Crippen molar-refractivity contribution in [2.75, 3.05) is 13.2 Å². The molecule has 2 aromatic carbocycles. The van der Waals surface area contributed by atoms with Crippen molar-refractivity contribution in [3.8, 4) is 0 Å². The first-order valence-electron chi connectivity index (χ1n) is 9.59. The molecular weight excluding hydrogens is 360 g/mol. The van der Waals surface area contributed by atoms with Crippen LogP contribution in [0, 0.1) is 0 Å². The molecule has 6 nitrogen and oxygen atoms in total. The average molecular weight is 388 g/mol. The molecule has 2 aromatic rings. The zero-order valence-corrected chi connectivity index (χ0v) is 16.0. The van der Waals surface area contributed by atoms with E-state index in [-0.39, 0.29) is 6.61 Å². The van der Waals surface area contributed by atoms with Crippen LogP contribution in [0.4, 0.5) is 0 Å². The van der Waals surface area contributed by atoms with Crippen LogP contribution in [0.25, 0.3) is 0 Å². The van der Waals surface area contributed by atoms with E-state index >= 15 is 0 Å². The van der Waals surface area contributed by atoms with Crippen molar-refractivity contribution in [2.24, 2.45) is 0 Å². The number of hydrogen-bond donors (Lipinski definition) is 2. The van der Waals surface area contributed by atoms with Gasteiger partial charge in [-0.3, -0.25) is 0 Å². The second kappa shape index (κ2) is 10.7. The van der Waals surface area contributed by atoms with Gasteiger partial charge in [0.05, 0.1) is 19.8 Å². The normalized spacial score (nSPS) is 25.7. The van der Waals surface area contributed by atoms with E-state index in [0.29, 0.717) is 19.8 Å². The summed E-state index contributed by atoms with van der Waals surface area (Å²) in [6.45, 7) is 3.17. The Labute approximate surface area is 165 Å². The molecule has 152 valence electrons. The van der Waals surface area contributed by atoms with Crippen molar-refractivity contribution in [3.05, 3.63) is 71.8 Å². The lowest BCUT2D eigenvalue weighted by Gasteiger charge is -2.26. The Morgan fingerprint density at radius 3 is 2.11 bits per heavy atom. The maximum Gasteiger partial charge on any atom is 0.186 e. The summed E-state index contributed by atoms with van der Waals surface area (Å²) in [4.78, 5) is 0. The SMILES string of the molecule is CCOC1O[C@H]([C@@H](COCc2ccccc2)OCc2ccccc2)[C@H](O)[C@H]1O. The third-order valence-corrected chi connectivity index (χ3v) is 4.65. The van der Waals surface area contributed by atoms with Crippen LogP contribution >= 0.6 is 0 Å². The highest BCUT2D eigenvalue weighted by Gasteiger charge is 2.47. The van der Waals surface area contributed by atoms with Gasteiger partial charge in [0.25, 0.3) is 0 Å². The Morgan fingerprint density at radius 2 is 1.50 bits per heavy atom. The lowest BCUT2D eigenvalue weighted by Crippen LogP contribution is -2.42. The second-order valence-electron chi connectivity index (χ2n) is 6.74. The Morgan fingerprint density at radius 1 is 0.893 bits per heavy atom. The summed E-state index contributed by atoms with van der Waals surface area (Å²) >= 11 is 0. The van der Waals surface area contributed by atoms with E-state index in [0.717, 1.165) is 11.1 Å². The molecule has 1 saturated heterocycles. The summed E-state index contributed by atoms with van der Waals surface area (Å²) in [5, 5.41) is 20.6. The van der Waals surface area contributed by atoms with E-state index < -0.39 is 30.7 Å². The van der Waals surface area contributed by atoms with Gasteiger partial charge in [-0.15, -0.1) is 0 Å². The van der Waals surface area contributed by atoms with Gasteiger partial charge in [0.15, 0.2) is 6.29 Å². The maximum atomic E-state index is 10.4. The molecule has 0 spiro atoms. The molecule has 3 rings (SSSR count). The first kappa shape index (κ1) is 20.9.